The third-order valence-electron chi connectivity index (χ3n) is 1.31. The molecular weight excluding hydrogens is 182 g/mol. The minimum atomic E-state index is -0.638. The van der Waals surface area contributed by atoms with Crippen molar-refractivity contribution in [1.82, 2.24) is 5.43 Å². The largest absolute Gasteiger partial charge is 0.433 e. The fourth-order valence-corrected chi connectivity index (χ4v) is 0.769. The molecular formula is C9H11N3O2. The molecule has 5 nitrogen and oxygen atoms in total. The van der Waals surface area contributed by atoms with Crippen LogP contribution in [0.2, 0.25) is 0 Å². The monoisotopic (exact) mass is 193 g/mol. The highest BCUT2D eigenvalue weighted by atomic mass is 16.6. The molecule has 14 heavy (non-hydrogen) atoms. The topological polar surface area (TPSA) is 76.7 Å². The van der Waals surface area contributed by atoms with Gasteiger partial charge >= 0.3 is 6.09 Å². The maximum atomic E-state index is 11.0. The first kappa shape index (κ1) is 10.2. The summed E-state index contributed by atoms with van der Waals surface area (Å²) in [6.07, 6.45) is 0.729. The summed E-state index contributed by atoms with van der Waals surface area (Å²) < 4.78 is 4.86. The van der Waals surface area contributed by atoms with Crippen LogP contribution in [-0.4, -0.2) is 18.9 Å². The number of nitrogens with zero attached hydrogens (tertiary/aromatic N) is 1. The molecule has 3 N–H and O–H groups in total. The Hall–Kier alpha value is -1.88. The van der Waals surface area contributed by atoms with E-state index in [-0.39, 0.29) is 6.54 Å². The Balaban J connectivity index is 2.38. The highest BCUT2D eigenvalue weighted by Crippen LogP contribution is 2.07. The molecule has 0 radical (unpaired) electrons. The Labute approximate surface area is 81.6 Å². The summed E-state index contributed by atoms with van der Waals surface area (Å²) >= 11 is 0. The molecule has 0 saturated carbocycles. The Morgan fingerprint density at radius 1 is 1.50 bits per heavy atom. The fourth-order valence-electron chi connectivity index (χ4n) is 0.769. The third kappa shape index (κ3) is 3.68. The van der Waals surface area contributed by atoms with E-state index in [2.05, 4.69) is 10.5 Å². The minimum Gasteiger partial charge on any atom is -0.409 e. The average Bonchev–Trinajstić information content (AvgIpc) is 2.20. The van der Waals surface area contributed by atoms with Gasteiger partial charge in [0.05, 0.1) is 0 Å². The normalized spacial score (nSPS) is 10.1. The van der Waals surface area contributed by atoms with Gasteiger partial charge in [-0.1, -0.05) is 18.2 Å². The lowest BCUT2D eigenvalue weighted by molar-refractivity contribution is 0.201. The van der Waals surface area contributed by atoms with Gasteiger partial charge in [-0.3, -0.25) is 0 Å². The number of nitrogens with one attached hydrogen (secondary N) is 1. The molecule has 1 rings (SSSR count). The van der Waals surface area contributed by atoms with Crippen molar-refractivity contribution >= 4 is 12.3 Å². The lowest BCUT2D eigenvalue weighted by Crippen LogP contribution is -2.22. The highest BCUT2D eigenvalue weighted by molar-refractivity contribution is 5.71. The second-order valence-electron chi connectivity index (χ2n) is 2.36. The molecule has 0 bridgehead atoms. The molecule has 5 heteroatoms. The van der Waals surface area contributed by atoms with Crippen LogP contribution >= 0.6 is 0 Å². The number of amides is 1. The smallest absolute Gasteiger partial charge is 0.409 e. The summed E-state index contributed by atoms with van der Waals surface area (Å²) in [6.45, 7) is 0.269. The van der Waals surface area contributed by atoms with Gasteiger partial charge in [-0.05, 0) is 12.1 Å². The summed E-state index contributed by atoms with van der Waals surface area (Å²) in [7, 11) is 0. The Morgan fingerprint density at radius 3 is 2.86 bits per heavy atom. The van der Waals surface area contributed by atoms with Crippen molar-refractivity contribution in [2.75, 3.05) is 6.54 Å². The van der Waals surface area contributed by atoms with Gasteiger partial charge in [0.2, 0.25) is 0 Å². The van der Waals surface area contributed by atoms with E-state index in [1.807, 2.05) is 6.07 Å². The summed E-state index contributed by atoms with van der Waals surface area (Å²) in [5, 5.41) is 3.51. The van der Waals surface area contributed by atoms with Crippen molar-refractivity contribution in [2.24, 2.45) is 10.8 Å². The molecule has 0 atom stereocenters. The quantitative estimate of drug-likeness (QED) is 0.548. The highest BCUT2D eigenvalue weighted by Gasteiger charge is 2.00. The summed E-state index contributed by atoms with van der Waals surface area (Å²) in [5.41, 5.74) is 7.29. The first-order valence-corrected chi connectivity index (χ1v) is 4.07. The molecule has 0 fully saturated rings. The van der Waals surface area contributed by atoms with Crippen molar-refractivity contribution < 1.29 is 9.53 Å². The van der Waals surface area contributed by atoms with E-state index < -0.39 is 6.09 Å². The van der Waals surface area contributed by atoms with E-state index in [9.17, 15) is 4.79 Å². The predicted molar refractivity (Wildman–Crippen MR) is 53.1 cm³/mol. The van der Waals surface area contributed by atoms with Crippen molar-refractivity contribution in [3.05, 3.63) is 30.3 Å². The zero-order valence-corrected chi connectivity index (χ0v) is 7.51. The SMILES string of the molecule is NCC=NNC(=O)Oc1ccccc1. The van der Waals surface area contributed by atoms with E-state index in [1.54, 1.807) is 24.3 Å². The zero-order chi connectivity index (χ0) is 10.2. The van der Waals surface area contributed by atoms with E-state index in [0.29, 0.717) is 5.75 Å². The molecule has 0 unspecified atom stereocenters. The summed E-state index contributed by atoms with van der Waals surface area (Å²) in [5.74, 6) is 0.466. The van der Waals surface area contributed by atoms with E-state index in [1.165, 1.54) is 6.21 Å². The number of carbonyl (C=O) groups is 1. The van der Waals surface area contributed by atoms with Crippen LogP contribution in [-0.2, 0) is 0 Å². The average molecular weight is 193 g/mol. The van der Waals surface area contributed by atoms with Crippen LogP contribution < -0.4 is 15.9 Å². The van der Waals surface area contributed by atoms with Crippen LogP contribution in [0.3, 0.4) is 0 Å². The Bertz CT molecular complexity index is 311. The molecule has 74 valence electrons. The minimum absolute atomic E-state index is 0.269. The number of hydrazone groups is 1. The maximum absolute atomic E-state index is 11.0. The number of hydrogen-bond acceptors (Lipinski definition) is 4. The van der Waals surface area contributed by atoms with Gasteiger partial charge in [-0.25, -0.2) is 10.2 Å². The molecule has 0 spiro atoms. The second-order valence-corrected chi connectivity index (χ2v) is 2.36. The fraction of sp³-hybridized carbons (Fsp3) is 0.111. The van der Waals surface area contributed by atoms with E-state index in [4.69, 9.17) is 10.5 Å². The number of carbonyl (C=O) groups excluding carboxylic acids is 1. The van der Waals surface area contributed by atoms with Crippen LogP contribution in [0, 0.1) is 0 Å². The molecule has 1 aromatic carbocycles. The van der Waals surface area contributed by atoms with Crippen molar-refractivity contribution in [1.29, 1.82) is 0 Å². The lowest BCUT2D eigenvalue weighted by atomic mass is 10.3. The van der Waals surface area contributed by atoms with Crippen LogP contribution in [0.1, 0.15) is 0 Å². The summed E-state index contributed by atoms with van der Waals surface area (Å²) in [6, 6.07) is 8.72. The first-order chi connectivity index (χ1) is 6.83. The summed E-state index contributed by atoms with van der Waals surface area (Å²) in [4.78, 5) is 11.0. The van der Waals surface area contributed by atoms with Crippen LogP contribution in [0.15, 0.2) is 35.4 Å². The molecule has 0 saturated heterocycles. The van der Waals surface area contributed by atoms with Crippen LogP contribution in [0.4, 0.5) is 4.79 Å². The molecule has 0 aliphatic heterocycles. The second kappa shape index (κ2) is 5.71. The van der Waals surface area contributed by atoms with E-state index >= 15 is 0 Å². The number of nitrogens with two attached hydrogens (primary N) is 1. The number of benzene rings is 1. The lowest BCUT2D eigenvalue weighted by Gasteiger charge is -2.01. The van der Waals surface area contributed by atoms with Gasteiger partial charge in [0.15, 0.2) is 0 Å². The van der Waals surface area contributed by atoms with Gasteiger partial charge < -0.3 is 10.5 Å². The van der Waals surface area contributed by atoms with Crippen LogP contribution in [0.5, 0.6) is 5.75 Å². The standard InChI is InChI=1S/C9H11N3O2/c10-6-7-11-12-9(13)14-8-4-2-1-3-5-8/h1-5,7H,6,10H2,(H,12,13). The number of para-hydroxylation sites is 1. The Morgan fingerprint density at radius 2 is 2.21 bits per heavy atom. The van der Waals surface area contributed by atoms with Crippen molar-refractivity contribution in [3.63, 3.8) is 0 Å². The van der Waals surface area contributed by atoms with Gasteiger partial charge in [-0.15, -0.1) is 0 Å². The maximum Gasteiger partial charge on any atom is 0.433 e. The van der Waals surface area contributed by atoms with E-state index in [0.717, 1.165) is 0 Å². The molecule has 0 aromatic heterocycles. The van der Waals surface area contributed by atoms with Gasteiger partial charge in [-0.2, -0.15) is 5.10 Å². The molecule has 0 heterocycles. The molecule has 1 aromatic rings. The Kier molecular flexibility index (Phi) is 4.16. The molecule has 1 amide bonds. The number of hydrogen-bond donors (Lipinski definition) is 2. The van der Waals surface area contributed by atoms with Gasteiger partial charge in [0.25, 0.3) is 0 Å². The van der Waals surface area contributed by atoms with Gasteiger partial charge in [0.1, 0.15) is 5.75 Å². The van der Waals surface area contributed by atoms with Gasteiger partial charge in [0, 0.05) is 12.8 Å². The zero-order valence-electron chi connectivity index (χ0n) is 7.51. The molecule has 0 aliphatic rings. The number of ether oxygens (including phenoxy) is 1. The first-order valence-electron chi connectivity index (χ1n) is 4.07. The third-order valence-corrected chi connectivity index (χ3v) is 1.31. The van der Waals surface area contributed by atoms with Crippen molar-refractivity contribution in [3.8, 4) is 5.75 Å². The predicted octanol–water partition coefficient (Wildman–Crippen LogP) is 0.720. The molecule has 0 aliphatic carbocycles. The van der Waals surface area contributed by atoms with Crippen molar-refractivity contribution in [2.45, 2.75) is 0 Å². The number of rotatable bonds is 3. The van der Waals surface area contributed by atoms with Crippen LogP contribution in [0.25, 0.3) is 0 Å².